The van der Waals surface area contributed by atoms with Gasteiger partial charge in [0.2, 0.25) is 0 Å². The van der Waals surface area contributed by atoms with Crippen molar-refractivity contribution in [2.75, 3.05) is 0 Å². The van der Waals surface area contributed by atoms with Crippen LogP contribution in [0, 0.1) is 0 Å². The molecular weight excluding hydrogens is 260 g/mol. The van der Waals surface area contributed by atoms with Crippen LogP contribution in [0.1, 0.15) is 18.4 Å². The van der Waals surface area contributed by atoms with Gasteiger partial charge in [0, 0.05) is 18.8 Å². The van der Waals surface area contributed by atoms with E-state index in [2.05, 4.69) is 10.3 Å². The van der Waals surface area contributed by atoms with Crippen molar-refractivity contribution >= 4 is 11.6 Å². The highest BCUT2D eigenvalue weighted by atomic mass is 35.5. The monoisotopic (exact) mass is 274 g/mol. The van der Waals surface area contributed by atoms with Gasteiger partial charge in [0.25, 0.3) is 0 Å². The number of halogens is 1. The Morgan fingerprint density at radius 2 is 2.21 bits per heavy atom. The summed E-state index contributed by atoms with van der Waals surface area (Å²) in [6.45, 7) is 0.859. The molecule has 0 bridgehead atoms. The largest absolute Gasteiger partial charge is 0.454 e. The molecule has 0 aliphatic heterocycles. The lowest BCUT2D eigenvalue weighted by molar-refractivity contribution is 0.480. The molecule has 0 unspecified atom stereocenters. The summed E-state index contributed by atoms with van der Waals surface area (Å²) in [4.78, 5) is 4.01. The first-order chi connectivity index (χ1) is 9.31. The maximum Gasteiger partial charge on any atom is 0.146 e. The van der Waals surface area contributed by atoms with E-state index in [0.717, 1.165) is 6.54 Å². The topological polar surface area (TPSA) is 34.1 Å². The Morgan fingerprint density at radius 3 is 2.89 bits per heavy atom. The second kappa shape index (κ2) is 5.59. The minimum Gasteiger partial charge on any atom is -0.454 e. The third kappa shape index (κ3) is 3.46. The number of pyridine rings is 1. The van der Waals surface area contributed by atoms with Crippen molar-refractivity contribution in [2.24, 2.45) is 0 Å². The summed E-state index contributed by atoms with van der Waals surface area (Å²) in [5.41, 5.74) is 1.18. The fraction of sp³-hybridized carbons (Fsp3) is 0.267. The molecule has 1 aliphatic carbocycles. The lowest BCUT2D eigenvalue weighted by atomic mass is 10.2. The Hall–Kier alpha value is -1.58. The maximum absolute atomic E-state index is 6.24. The van der Waals surface area contributed by atoms with Crippen LogP contribution in [-0.4, -0.2) is 11.0 Å². The molecule has 0 spiro atoms. The summed E-state index contributed by atoms with van der Waals surface area (Å²) in [7, 11) is 0. The van der Waals surface area contributed by atoms with E-state index in [9.17, 15) is 0 Å². The Bertz CT molecular complexity index is 555. The standard InChI is InChI=1S/C15H15ClN2O/c16-14-8-11(9-18-12-4-5-12)3-6-15(14)19-13-2-1-7-17-10-13/h1-3,6-8,10,12,18H,4-5,9H2. The number of hydrogen-bond donors (Lipinski definition) is 1. The van der Waals surface area contributed by atoms with Crippen LogP contribution in [0.2, 0.25) is 5.02 Å². The van der Waals surface area contributed by atoms with Gasteiger partial charge in [0.05, 0.1) is 11.2 Å². The van der Waals surface area contributed by atoms with Crippen LogP contribution < -0.4 is 10.1 Å². The average molecular weight is 275 g/mol. The van der Waals surface area contributed by atoms with E-state index in [1.54, 1.807) is 12.4 Å². The number of hydrogen-bond acceptors (Lipinski definition) is 3. The second-order valence-electron chi connectivity index (χ2n) is 4.71. The zero-order valence-electron chi connectivity index (χ0n) is 10.5. The first kappa shape index (κ1) is 12.5. The number of aromatic nitrogens is 1. The molecule has 0 saturated heterocycles. The summed E-state index contributed by atoms with van der Waals surface area (Å²) in [5.74, 6) is 1.35. The minimum absolute atomic E-state index is 0.624. The minimum atomic E-state index is 0.624. The Morgan fingerprint density at radius 1 is 1.32 bits per heavy atom. The SMILES string of the molecule is Clc1cc(CNC2CC2)ccc1Oc1cccnc1. The van der Waals surface area contributed by atoms with Gasteiger partial charge >= 0.3 is 0 Å². The number of rotatable bonds is 5. The Balaban J connectivity index is 1.68. The molecular formula is C15H15ClN2O. The van der Waals surface area contributed by atoms with Crippen molar-refractivity contribution in [1.82, 2.24) is 10.3 Å². The van der Waals surface area contributed by atoms with Gasteiger partial charge in [-0.1, -0.05) is 17.7 Å². The predicted octanol–water partition coefficient (Wildman–Crippen LogP) is 3.78. The van der Waals surface area contributed by atoms with Crippen molar-refractivity contribution in [3.05, 3.63) is 53.3 Å². The fourth-order valence-electron chi connectivity index (χ4n) is 1.82. The van der Waals surface area contributed by atoms with Gasteiger partial charge in [-0.3, -0.25) is 4.98 Å². The van der Waals surface area contributed by atoms with Gasteiger partial charge in [-0.2, -0.15) is 0 Å². The third-order valence-electron chi connectivity index (χ3n) is 3.03. The number of benzene rings is 1. The molecule has 1 heterocycles. The summed E-state index contributed by atoms with van der Waals surface area (Å²) in [6, 6.07) is 10.3. The van der Waals surface area contributed by atoms with Crippen LogP contribution >= 0.6 is 11.6 Å². The molecule has 0 radical (unpaired) electrons. The highest BCUT2D eigenvalue weighted by molar-refractivity contribution is 6.32. The van der Waals surface area contributed by atoms with Crippen LogP contribution in [0.4, 0.5) is 0 Å². The van der Waals surface area contributed by atoms with Crippen molar-refractivity contribution < 1.29 is 4.74 Å². The van der Waals surface area contributed by atoms with E-state index in [1.807, 2.05) is 30.3 Å². The molecule has 0 atom stereocenters. The van der Waals surface area contributed by atoms with Crippen molar-refractivity contribution in [3.8, 4) is 11.5 Å². The molecule has 3 nitrogen and oxygen atoms in total. The van der Waals surface area contributed by atoms with Gasteiger partial charge < -0.3 is 10.1 Å². The van der Waals surface area contributed by atoms with Gasteiger partial charge in [-0.05, 0) is 42.7 Å². The number of ether oxygens (including phenoxy) is 1. The van der Waals surface area contributed by atoms with Gasteiger partial charge in [-0.15, -0.1) is 0 Å². The molecule has 1 aromatic heterocycles. The molecule has 98 valence electrons. The van der Waals surface area contributed by atoms with E-state index in [1.165, 1.54) is 18.4 Å². The van der Waals surface area contributed by atoms with E-state index in [0.29, 0.717) is 22.6 Å². The van der Waals surface area contributed by atoms with Crippen LogP contribution in [0.5, 0.6) is 11.5 Å². The first-order valence-corrected chi connectivity index (χ1v) is 6.79. The van der Waals surface area contributed by atoms with Crippen molar-refractivity contribution in [1.29, 1.82) is 0 Å². The molecule has 1 N–H and O–H groups in total. The Labute approximate surface area is 117 Å². The maximum atomic E-state index is 6.24. The lowest BCUT2D eigenvalue weighted by Gasteiger charge is -2.09. The molecule has 2 aromatic rings. The highest BCUT2D eigenvalue weighted by Gasteiger charge is 2.20. The molecule has 3 rings (SSSR count). The van der Waals surface area contributed by atoms with Gasteiger partial charge in [0.1, 0.15) is 11.5 Å². The molecule has 0 amide bonds. The van der Waals surface area contributed by atoms with E-state index in [-0.39, 0.29) is 0 Å². The summed E-state index contributed by atoms with van der Waals surface area (Å²) >= 11 is 6.24. The van der Waals surface area contributed by atoms with Crippen LogP contribution in [0.3, 0.4) is 0 Å². The summed E-state index contributed by atoms with van der Waals surface area (Å²) in [6.07, 6.45) is 5.95. The molecule has 1 saturated carbocycles. The van der Waals surface area contributed by atoms with Crippen LogP contribution in [0.25, 0.3) is 0 Å². The van der Waals surface area contributed by atoms with Crippen molar-refractivity contribution in [3.63, 3.8) is 0 Å². The number of nitrogens with one attached hydrogen (secondary N) is 1. The van der Waals surface area contributed by atoms with Crippen molar-refractivity contribution in [2.45, 2.75) is 25.4 Å². The van der Waals surface area contributed by atoms with E-state index in [4.69, 9.17) is 16.3 Å². The lowest BCUT2D eigenvalue weighted by Crippen LogP contribution is -2.15. The average Bonchev–Trinajstić information content (AvgIpc) is 3.25. The van der Waals surface area contributed by atoms with Gasteiger partial charge in [0.15, 0.2) is 0 Å². The zero-order chi connectivity index (χ0) is 13.1. The first-order valence-electron chi connectivity index (χ1n) is 6.41. The normalized spacial score (nSPS) is 14.4. The predicted molar refractivity (Wildman–Crippen MR) is 75.6 cm³/mol. The number of nitrogens with zero attached hydrogens (tertiary/aromatic N) is 1. The summed E-state index contributed by atoms with van der Waals surface area (Å²) in [5, 5.41) is 4.08. The quantitative estimate of drug-likeness (QED) is 0.901. The van der Waals surface area contributed by atoms with Crippen LogP contribution in [-0.2, 0) is 6.54 Å². The van der Waals surface area contributed by atoms with Crippen LogP contribution in [0.15, 0.2) is 42.7 Å². The molecule has 1 aliphatic rings. The van der Waals surface area contributed by atoms with Gasteiger partial charge in [-0.25, -0.2) is 0 Å². The van der Waals surface area contributed by atoms with E-state index >= 15 is 0 Å². The second-order valence-corrected chi connectivity index (χ2v) is 5.12. The smallest absolute Gasteiger partial charge is 0.146 e. The fourth-order valence-corrected chi connectivity index (χ4v) is 2.06. The third-order valence-corrected chi connectivity index (χ3v) is 3.33. The molecule has 19 heavy (non-hydrogen) atoms. The molecule has 1 fully saturated rings. The van der Waals surface area contributed by atoms with E-state index < -0.39 is 0 Å². The Kier molecular flexibility index (Phi) is 3.67. The summed E-state index contributed by atoms with van der Waals surface area (Å²) < 4.78 is 5.69. The zero-order valence-corrected chi connectivity index (χ0v) is 11.2. The molecule has 1 aromatic carbocycles. The molecule has 4 heteroatoms. The highest BCUT2D eigenvalue weighted by Crippen LogP contribution is 2.30.